The first-order valence-corrected chi connectivity index (χ1v) is 7.99. The average Bonchev–Trinajstić information content (AvgIpc) is 2.55. The number of hydrogen-bond donors (Lipinski definition) is 1. The molecule has 0 unspecified atom stereocenters. The molecule has 0 aliphatic carbocycles. The zero-order chi connectivity index (χ0) is 16.7. The van der Waals surface area contributed by atoms with Gasteiger partial charge in [-0.15, -0.1) is 0 Å². The van der Waals surface area contributed by atoms with Crippen molar-refractivity contribution in [1.82, 2.24) is 4.83 Å². The van der Waals surface area contributed by atoms with Gasteiger partial charge in [-0.05, 0) is 30.4 Å². The van der Waals surface area contributed by atoms with E-state index in [0.717, 1.165) is 0 Å². The second-order valence-electron chi connectivity index (χ2n) is 4.36. The molecule has 118 valence electrons. The summed E-state index contributed by atoms with van der Waals surface area (Å²) in [5, 5.41) is 14.4. The molecule has 0 aliphatic heterocycles. The van der Waals surface area contributed by atoms with E-state index in [1.165, 1.54) is 36.6 Å². The van der Waals surface area contributed by atoms with E-state index in [-0.39, 0.29) is 10.6 Å². The number of nitrogens with one attached hydrogen (secondary N) is 1. The number of benzene rings is 2. The Balaban J connectivity index is 2.04. The first-order chi connectivity index (χ1) is 11.0. The molecule has 8 heteroatoms. The van der Waals surface area contributed by atoms with E-state index in [0.29, 0.717) is 5.56 Å². The molecule has 23 heavy (non-hydrogen) atoms. The van der Waals surface area contributed by atoms with Crippen LogP contribution in [0.5, 0.6) is 0 Å². The van der Waals surface area contributed by atoms with Crippen LogP contribution >= 0.6 is 0 Å². The van der Waals surface area contributed by atoms with Gasteiger partial charge in [-0.2, -0.15) is 13.5 Å². The number of nitro benzene ring substituents is 1. The highest BCUT2D eigenvalue weighted by Crippen LogP contribution is 2.18. The Hall–Kier alpha value is -3.00. The number of nitrogens with zero attached hydrogens (tertiary/aromatic N) is 2. The summed E-state index contributed by atoms with van der Waals surface area (Å²) < 4.78 is 23.7. The molecule has 2 aromatic carbocycles. The lowest BCUT2D eigenvalue weighted by Crippen LogP contribution is -2.17. The van der Waals surface area contributed by atoms with Gasteiger partial charge in [0.05, 0.1) is 15.4 Å². The fourth-order valence-electron chi connectivity index (χ4n) is 1.74. The summed E-state index contributed by atoms with van der Waals surface area (Å²) in [7, 11) is -3.72. The number of para-hydroxylation sites is 1. The summed E-state index contributed by atoms with van der Waals surface area (Å²) in [5.41, 5.74) is 0.358. The lowest BCUT2D eigenvalue weighted by Gasteiger charge is -2.01. The molecule has 2 rings (SSSR count). The minimum atomic E-state index is -3.72. The Bertz CT molecular complexity index is 846. The minimum absolute atomic E-state index is 0.0398. The van der Waals surface area contributed by atoms with E-state index in [1.807, 2.05) is 0 Å². The Morgan fingerprint density at radius 1 is 1.04 bits per heavy atom. The molecule has 1 N–H and O–H groups in total. The van der Waals surface area contributed by atoms with Gasteiger partial charge in [0.2, 0.25) is 0 Å². The van der Waals surface area contributed by atoms with Gasteiger partial charge in [-0.3, -0.25) is 10.1 Å². The van der Waals surface area contributed by atoms with Crippen LogP contribution in [0.15, 0.2) is 70.7 Å². The third kappa shape index (κ3) is 4.48. The zero-order valence-electron chi connectivity index (χ0n) is 11.9. The van der Waals surface area contributed by atoms with Crippen LogP contribution in [-0.4, -0.2) is 19.6 Å². The molecule has 0 radical (unpaired) electrons. The predicted octanol–water partition coefficient (Wildman–Crippen LogP) is 2.57. The predicted molar refractivity (Wildman–Crippen MR) is 87.4 cm³/mol. The zero-order valence-corrected chi connectivity index (χ0v) is 12.7. The van der Waals surface area contributed by atoms with Crippen molar-refractivity contribution in [3.63, 3.8) is 0 Å². The number of nitro groups is 1. The fourth-order valence-corrected chi connectivity index (χ4v) is 2.56. The Labute approximate surface area is 133 Å². The first-order valence-electron chi connectivity index (χ1n) is 6.51. The Morgan fingerprint density at radius 2 is 1.70 bits per heavy atom. The van der Waals surface area contributed by atoms with Crippen molar-refractivity contribution in [2.24, 2.45) is 5.10 Å². The number of sulfonamides is 1. The van der Waals surface area contributed by atoms with Crippen molar-refractivity contribution >= 4 is 28.0 Å². The molecular formula is C15H13N3O4S. The van der Waals surface area contributed by atoms with Gasteiger partial charge in [0, 0.05) is 12.3 Å². The summed E-state index contributed by atoms with van der Waals surface area (Å²) in [4.78, 5) is 12.5. The van der Waals surface area contributed by atoms with Crippen LogP contribution in [-0.2, 0) is 10.0 Å². The molecular weight excluding hydrogens is 318 g/mol. The van der Waals surface area contributed by atoms with Crippen molar-refractivity contribution in [3.05, 3.63) is 76.4 Å². The molecule has 0 amide bonds. The molecule has 7 nitrogen and oxygen atoms in total. The number of rotatable bonds is 6. The van der Waals surface area contributed by atoms with Crippen molar-refractivity contribution in [2.75, 3.05) is 0 Å². The smallest absolute Gasteiger partial charge is 0.258 e. The van der Waals surface area contributed by atoms with Crippen LogP contribution in [0, 0.1) is 10.1 Å². The van der Waals surface area contributed by atoms with Gasteiger partial charge < -0.3 is 0 Å². The highest BCUT2D eigenvalue weighted by molar-refractivity contribution is 7.89. The summed E-state index contributed by atoms with van der Waals surface area (Å²) in [6.45, 7) is 0. The van der Waals surface area contributed by atoms with Crippen LogP contribution in [0.3, 0.4) is 0 Å². The molecule has 0 aliphatic rings. The average molecular weight is 331 g/mol. The van der Waals surface area contributed by atoms with Crippen LogP contribution in [0.25, 0.3) is 6.08 Å². The van der Waals surface area contributed by atoms with Crippen LogP contribution in [0.2, 0.25) is 0 Å². The maximum absolute atomic E-state index is 11.9. The second kappa shape index (κ2) is 7.32. The standard InChI is InChI=1S/C15H13N3O4S/c19-18(20)15-11-5-4-7-13(15)8-6-12-16-17-23(21,22)14-9-2-1-3-10-14/h1-12,17H/b8-6+,16-12-. The maximum atomic E-state index is 11.9. The van der Waals surface area contributed by atoms with E-state index in [4.69, 9.17) is 0 Å². The summed E-state index contributed by atoms with van der Waals surface area (Å²) >= 11 is 0. The normalized spacial score (nSPS) is 11.8. The van der Waals surface area contributed by atoms with E-state index < -0.39 is 14.9 Å². The Morgan fingerprint density at radius 3 is 2.39 bits per heavy atom. The molecule has 0 bridgehead atoms. The number of hydrazone groups is 1. The van der Waals surface area contributed by atoms with Crippen LogP contribution in [0.4, 0.5) is 5.69 Å². The van der Waals surface area contributed by atoms with Gasteiger partial charge in [0.25, 0.3) is 15.7 Å². The third-order valence-electron chi connectivity index (χ3n) is 2.80. The first kappa shape index (κ1) is 16.4. The minimum Gasteiger partial charge on any atom is -0.258 e. The quantitative estimate of drug-likeness (QED) is 0.499. The van der Waals surface area contributed by atoms with Gasteiger partial charge in [-0.1, -0.05) is 30.3 Å². The van der Waals surface area contributed by atoms with Gasteiger partial charge in [0.15, 0.2) is 0 Å². The van der Waals surface area contributed by atoms with Crippen LogP contribution in [0.1, 0.15) is 5.56 Å². The van der Waals surface area contributed by atoms with E-state index in [1.54, 1.807) is 36.4 Å². The highest BCUT2D eigenvalue weighted by Gasteiger charge is 2.11. The molecule has 0 spiro atoms. The largest absolute Gasteiger partial charge is 0.276 e. The van der Waals surface area contributed by atoms with Crippen LogP contribution < -0.4 is 4.83 Å². The highest BCUT2D eigenvalue weighted by atomic mass is 32.2. The van der Waals surface area contributed by atoms with Gasteiger partial charge in [-0.25, -0.2) is 4.83 Å². The van der Waals surface area contributed by atoms with Gasteiger partial charge >= 0.3 is 0 Å². The number of allylic oxidation sites excluding steroid dienone is 1. The van der Waals surface area contributed by atoms with Gasteiger partial charge in [0.1, 0.15) is 0 Å². The molecule has 0 atom stereocenters. The molecule has 2 aromatic rings. The lowest BCUT2D eigenvalue weighted by atomic mass is 10.2. The SMILES string of the molecule is O=[N+]([O-])c1ccccc1/C=C/C=N\NS(=O)(=O)c1ccccc1. The molecule has 0 saturated heterocycles. The summed E-state index contributed by atoms with van der Waals surface area (Å²) in [5.74, 6) is 0. The molecule has 0 heterocycles. The Kier molecular flexibility index (Phi) is 5.21. The lowest BCUT2D eigenvalue weighted by molar-refractivity contribution is -0.385. The van der Waals surface area contributed by atoms with Crippen molar-refractivity contribution in [2.45, 2.75) is 4.90 Å². The number of hydrogen-bond acceptors (Lipinski definition) is 5. The van der Waals surface area contributed by atoms with E-state index >= 15 is 0 Å². The van der Waals surface area contributed by atoms with Crippen molar-refractivity contribution in [1.29, 1.82) is 0 Å². The molecule has 0 saturated carbocycles. The maximum Gasteiger partial charge on any atom is 0.276 e. The molecule has 0 aromatic heterocycles. The van der Waals surface area contributed by atoms with Crippen molar-refractivity contribution in [3.8, 4) is 0 Å². The van der Waals surface area contributed by atoms with E-state index in [2.05, 4.69) is 9.93 Å². The summed E-state index contributed by atoms with van der Waals surface area (Å²) in [6.07, 6.45) is 4.09. The monoisotopic (exact) mass is 331 g/mol. The van der Waals surface area contributed by atoms with Crippen molar-refractivity contribution < 1.29 is 13.3 Å². The fraction of sp³-hybridized carbons (Fsp3) is 0. The third-order valence-corrected chi connectivity index (χ3v) is 4.03. The topological polar surface area (TPSA) is 102 Å². The summed E-state index contributed by atoms with van der Waals surface area (Å²) in [6, 6.07) is 14.0. The second-order valence-corrected chi connectivity index (χ2v) is 6.02. The molecule has 0 fully saturated rings. The van der Waals surface area contributed by atoms with E-state index in [9.17, 15) is 18.5 Å².